The van der Waals surface area contributed by atoms with Crippen LogP contribution in [0.3, 0.4) is 0 Å². The van der Waals surface area contributed by atoms with E-state index in [2.05, 4.69) is 6.92 Å². The molecule has 1 unspecified atom stereocenters. The minimum absolute atomic E-state index is 0.0874. The van der Waals surface area contributed by atoms with Crippen molar-refractivity contribution >= 4 is 0 Å². The van der Waals surface area contributed by atoms with Crippen LogP contribution in [0.25, 0.3) is 0 Å². The first-order chi connectivity index (χ1) is 7.27. The molecule has 0 saturated carbocycles. The molecule has 1 aromatic heterocycles. The van der Waals surface area contributed by atoms with Crippen molar-refractivity contribution in [1.82, 2.24) is 0 Å². The molecular formula is C12H21NO2. The highest BCUT2D eigenvalue weighted by molar-refractivity contribution is 5.08. The smallest absolute Gasteiger partial charge is 0.134 e. The van der Waals surface area contributed by atoms with Crippen molar-refractivity contribution in [2.45, 2.75) is 39.2 Å². The van der Waals surface area contributed by atoms with Gasteiger partial charge in [0.05, 0.1) is 0 Å². The molecule has 15 heavy (non-hydrogen) atoms. The summed E-state index contributed by atoms with van der Waals surface area (Å²) >= 11 is 0. The first-order valence-electron chi connectivity index (χ1n) is 5.66. The summed E-state index contributed by atoms with van der Waals surface area (Å²) in [5, 5.41) is 0. The molecule has 1 rings (SSSR count). The van der Waals surface area contributed by atoms with E-state index in [9.17, 15) is 0 Å². The van der Waals surface area contributed by atoms with E-state index in [4.69, 9.17) is 14.9 Å². The fraction of sp³-hybridized carbons (Fsp3) is 0.667. The third-order valence-electron chi connectivity index (χ3n) is 2.36. The predicted octanol–water partition coefficient (Wildman–Crippen LogP) is 2.79. The predicted molar refractivity (Wildman–Crippen MR) is 60.7 cm³/mol. The van der Waals surface area contributed by atoms with Crippen LogP contribution in [0.15, 0.2) is 16.5 Å². The zero-order valence-corrected chi connectivity index (χ0v) is 9.66. The molecule has 0 saturated heterocycles. The van der Waals surface area contributed by atoms with Crippen molar-refractivity contribution in [1.29, 1.82) is 0 Å². The standard InChI is InChI=1S/C12H21NO2/c1-3-4-5-8-14-12(9-13)11-7-6-10(2)15-11/h6-7,12H,3-5,8-9,13H2,1-2H3. The molecule has 1 heterocycles. The lowest BCUT2D eigenvalue weighted by molar-refractivity contribution is 0.0409. The van der Waals surface area contributed by atoms with Crippen LogP contribution < -0.4 is 5.73 Å². The largest absolute Gasteiger partial charge is 0.464 e. The maximum atomic E-state index is 5.67. The Labute approximate surface area is 91.6 Å². The minimum atomic E-state index is -0.0874. The van der Waals surface area contributed by atoms with Crippen molar-refractivity contribution < 1.29 is 9.15 Å². The molecule has 0 aliphatic rings. The molecule has 3 nitrogen and oxygen atoms in total. The number of ether oxygens (including phenoxy) is 1. The first-order valence-corrected chi connectivity index (χ1v) is 5.66. The summed E-state index contributed by atoms with van der Waals surface area (Å²) in [6.45, 7) is 5.33. The maximum Gasteiger partial charge on any atom is 0.134 e. The Balaban J connectivity index is 2.35. The lowest BCUT2D eigenvalue weighted by Gasteiger charge is -2.13. The van der Waals surface area contributed by atoms with Crippen LogP contribution in [0, 0.1) is 6.92 Å². The fourth-order valence-corrected chi connectivity index (χ4v) is 1.47. The zero-order chi connectivity index (χ0) is 11.1. The Morgan fingerprint density at radius 2 is 2.20 bits per heavy atom. The molecule has 0 aliphatic heterocycles. The Morgan fingerprint density at radius 1 is 1.40 bits per heavy atom. The van der Waals surface area contributed by atoms with E-state index < -0.39 is 0 Å². The van der Waals surface area contributed by atoms with Crippen LogP contribution in [0.1, 0.15) is 43.8 Å². The molecule has 1 atom stereocenters. The molecule has 1 aromatic rings. The molecule has 0 aromatic carbocycles. The molecular weight excluding hydrogens is 190 g/mol. The maximum absolute atomic E-state index is 5.67. The summed E-state index contributed by atoms with van der Waals surface area (Å²) in [5.41, 5.74) is 5.64. The Hall–Kier alpha value is -0.800. The minimum Gasteiger partial charge on any atom is -0.464 e. The summed E-state index contributed by atoms with van der Waals surface area (Å²) in [4.78, 5) is 0. The highest BCUT2D eigenvalue weighted by atomic mass is 16.5. The number of nitrogens with two attached hydrogens (primary N) is 1. The number of hydrogen-bond donors (Lipinski definition) is 1. The van der Waals surface area contributed by atoms with E-state index in [1.165, 1.54) is 12.8 Å². The molecule has 3 heteroatoms. The summed E-state index contributed by atoms with van der Waals surface area (Å²) in [6.07, 6.45) is 3.41. The van der Waals surface area contributed by atoms with E-state index in [0.717, 1.165) is 24.5 Å². The van der Waals surface area contributed by atoms with Crippen LogP contribution in [0.2, 0.25) is 0 Å². The van der Waals surface area contributed by atoms with Gasteiger partial charge in [0.2, 0.25) is 0 Å². The SMILES string of the molecule is CCCCCOC(CN)c1ccc(C)o1. The van der Waals surface area contributed by atoms with Crippen LogP contribution in [0.5, 0.6) is 0 Å². The van der Waals surface area contributed by atoms with Gasteiger partial charge in [-0.15, -0.1) is 0 Å². The van der Waals surface area contributed by atoms with E-state index in [0.29, 0.717) is 6.54 Å². The van der Waals surface area contributed by atoms with Gasteiger partial charge >= 0.3 is 0 Å². The Kier molecular flexibility index (Phi) is 5.43. The Bertz CT molecular complexity index is 270. The number of aryl methyl sites for hydroxylation is 1. The average molecular weight is 211 g/mol. The van der Waals surface area contributed by atoms with Gasteiger partial charge in [0.25, 0.3) is 0 Å². The number of furan rings is 1. The van der Waals surface area contributed by atoms with Gasteiger partial charge in [-0.3, -0.25) is 0 Å². The molecule has 2 N–H and O–H groups in total. The van der Waals surface area contributed by atoms with E-state index in [-0.39, 0.29) is 6.10 Å². The number of rotatable bonds is 7. The number of unbranched alkanes of at least 4 members (excludes halogenated alkanes) is 2. The van der Waals surface area contributed by atoms with Crippen LogP contribution in [-0.2, 0) is 4.74 Å². The second-order valence-electron chi connectivity index (χ2n) is 3.75. The van der Waals surface area contributed by atoms with Crippen LogP contribution in [0.4, 0.5) is 0 Å². The molecule has 0 aliphatic carbocycles. The Morgan fingerprint density at radius 3 is 2.73 bits per heavy atom. The monoisotopic (exact) mass is 211 g/mol. The first kappa shape index (κ1) is 12.3. The third-order valence-corrected chi connectivity index (χ3v) is 2.36. The lowest BCUT2D eigenvalue weighted by Crippen LogP contribution is -2.15. The lowest BCUT2D eigenvalue weighted by atomic mass is 10.2. The van der Waals surface area contributed by atoms with Gasteiger partial charge in [0.15, 0.2) is 0 Å². The third kappa shape index (κ3) is 4.06. The molecule has 0 radical (unpaired) electrons. The van der Waals surface area contributed by atoms with Crippen LogP contribution in [-0.4, -0.2) is 13.2 Å². The second-order valence-corrected chi connectivity index (χ2v) is 3.75. The van der Waals surface area contributed by atoms with E-state index >= 15 is 0 Å². The van der Waals surface area contributed by atoms with Crippen molar-refractivity contribution in [2.24, 2.45) is 5.73 Å². The zero-order valence-electron chi connectivity index (χ0n) is 9.66. The van der Waals surface area contributed by atoms with Gasteiger partial charge in [-0.2, -0.15) is 0 Å². The van der Waals surface area contributed by atoms with Crippen LogP contribution >= 0.6 is 0 Å². The highest BCUT2D eigenvalue weighted by Crippen LogP contribution is 2.19. The van der Waals surface area contributed by atoms with Gasteiger partial charge in [-0.25, -0.2) is 0 Å². The molecule has 0 fully saturated rings. The van der Waals surface area contributed by atoms with Gasteiger partial charge in [0, 0.05) is 13.2 Å². The second kappa shape index (κ2) is 6.64. The fourth-order valence-electron chi connectivity index (χ4n) is 1.47. The number of hydrogen-bond acceptors (Lipinski definition) is 3. The van der Waals surface area contributed by atoms with E-state index in [1.807, 2.05) is 19.1 Å². The van der Waals surface area contributed by atoms with Gasteiger partial charge in [0.1, 0.15) is 17.6 Å². The molecule has 0 amide bonds. The van der Waals surface area contributed by atoms with Crippen molar-refractivity contribution in [3.63, 3.8) is 0 Å². The molecule has 0 bridgehead atoms. The highest BCUT2D eigenvalue weighted by Gasteiger charge is 2.13. The summed E-state index contributed by atoms with van der Waals surface area (Å²) in [5.74, 6) is 1.74. The topological polar surface area (TPSA) is 48.4 Å². The van der Waals surface area contributed by atoms with Crippen molar-refractivity contribution in [2.75, 3.05) is 13.2 Å². The normalized spacial score (nSPS) is 13.0. The summed E-state index contributed by atoms with van der Waals surface area (Å²) in [6, 6.07) is 3.88. The summed E-state index contributed by atoms with van der Waals surface area (Å²) < 4.78 is 11.2. The summed E-state index contributed by atoms with van der Waals surface area (Å²) in [7, 11) is 0. The molecule has 86 valence electrons. The van der Waals surface area contributed by atoms with E-state index in [1.54, 1.807) is 0 Å². The van der Waals surface area contributed by atoms with Gasteiger partial charge in [-0.05, 0) is 25.5 Å². The van der Waals surface area contributed by atoms with Crippen molar-refractivity contribution in [3.8, 4) is 0 Å². The average Bonchev–Trinajstić information content (AvgIpc) is 2.65. The van der Waals surface area contributed by atoms with Crippen molar-refractivity contribution in [3.05, 3.63) is 23.7 Å². The quantitative estimate of drug-likeness (QED) is 0.705. The van der Waals surface area contributed by atoms with Gasteiger partial charge < -0.3 is 14.9 Å². The molecule has 0 spiro atoms. The van der Waals surface area contributed by atoms with Gasteiger partial charge in [-0.1, -0.05) is 19.8 Å².